The zero-order valence-electron chi connectivity index (χ0n) is 15.1. The molecule has 0 saturated carbocycles. The van der Waals surface area contributed by atoms with E-state index < -0.39 is 10.0 Å². The molecule has 1 aliphatic rings. The molecule has 0 bridgehead atoms. The molecular weight excluding hydrogens is 382 g/mol. The summed E-state index contributed by atoms with van der Waals surface area (Å²) in [5.74, 6) is 0.719. The molecule has 1 aliphatic heterocycles. The highest BCUT2D eigenvalue weighted by Crippen LogP contribution is 2.25. The fraction of sp³-hybridized carbons (Fsp3) is 0.316. The predicted molar refractivity (Wildman–Crippen MR) is 112 cm³/mol. The summed E-state index contributed by atoms with van der Waals surface area (Å²) in [5, 5.41) is 6.57. The summed E-state index contributed by atoms with van der Waals surface area (Å²) < 4.78 is 32.2. The van der Waals surface area contributed by atoms with Crippen LogP contribution in [0.2, 0.25) is 0 Å². The molecule has 0 spiro atoms. The minimum absolute atomic E-state index is 0.301. The number of hydrogen-bond acceptors (Lipinski definition) is 4. The molecule has 0 unspecified atom stereocenters. The van der Waals surface area contributed by atoms with Crippen LogP contribution in [0, 0.1) is 0 Å². The van der Waals surface area contributed by atoms with Crippen molar-refractivity contribution in [1.82, 2.24) is 4.31 Å². The van der Waals surface area contributed by atoms with Crippen LogP contribution in [0.4, 0.5) is 11.4 Å². The van der Waals surface area contributed by atoms with Gasteiger partial charge in [-0.05, 0) is 68.4 Å². The lowest BCUT2D eigenvalue weighted by Gasteiger charge is -2.16. The van der Waals surface area contributed by atoms with Crippen LogP contribution in [0.25, 0.3) is 0 Å². The van der Waals surface area contributed by atoms with Gasteiger partial charge in [-0.3, -0.25) is 0 Å². The van der Waals surface area contributed by atoms with Crippen molar-refractivity contribution in [3.63, 3.8) is 0 Å². The van der Waals surface area contributed by atoms with Gasteiger partial charge >= 0.3 is 0 Å². The van der Waals surface area contributed by atoms with E-state index in [1.54, 1.807) is 24.3 Å². The third kappa shape index (κ3) is 4.77. The van der Waals surface area contributed by atoms with Crippen molar-refractivity contribution in [2.45, 2.75) is 24.7 Å². The molecule has 1 saturated heterocycles. The maximum atomic E-state index is 12.6. The van der Waals surface area contributed by atoms with E-state index in [0.717, 1.165) is 24.3 Å². The Morgan fingerprint density at radius 1 is 1.07 bits per heavy atom. The first kappa shape index (κ1) is 19.6. The van der Waals surface area contributed by atoms with Crippen molar-refractivity contribution in [2.24, 2.45) is 0 Å². The van der Waals surface area contributed by atoms with Crippen molar-refractivity contribution in [3.8, 4) is 5.75 Å². The molecule has 2 N–H and O–H groups in total. The lowest BCUT2D eigenvalue weighted by Crippen LogP contribution is -2.27. The molecular formula is C19H23N3O3S2. The summed E-state index contributed by atoms with van der Waals surface area (Å²) in [7, 11) is -3.40. The van der Waals surface area contributed by atoms with Crippen LogP contribution in [0.15, 0.2) is 53.4 Å². The van der Waals surface area contributed by atoms with Crippen molar-refractivity contribution >= 4 is 38.7 Å². The molecule has 2 aromatic carbocycles. The first-order valence-corrected chi connectivity index (χ1v) is 10.8. The molecule has 1 fully saturated rings. The highest BCUT2D eigenvalue weighted by Gasteiger charge is 2.26. The lowest BCUT2D eigenvalue weighted by atomic mass is 10.3. The highest BCUT2D eigenvalue weighted by molar-refractivity contribution is 7.89. The Balaban J connectivity index is 1.65. The first-order valence-electron chi connectivity index (χ1n) is 8.91. The van der Waals surface area contributed by atoms with Crippen LogP contribution >= 0.6 is 12.2 Å². The molecule has 0 aliphatic carbocycles. The van der Waals surface area contributed by atoms with Crippen LogP contribution < -0.4 is 15.4 Å². The van der Waals surface area contributed by atoms with Gasteiger partial charge in [-0.1, -0.05) is 12.1 Å². The molecule has 6 nitrogen and oxygen atoms in total. The summed E-state index contributed by atoms with van der Waals surface area (Å²) in [6, 6.07) is 14.2. The van der Waals surface area contributed by atoms with Crippen LogP contribution in [0.1, 0.15) is 19.8 Å². The van der Waals surface area contributed by atoms with Crippen molar-refractivity contribution in [1.29, 1.82) is 0 Å². The maximum absolute atomic E-state index is 12.6. The van der Waals surface area contributed by atoms with E-state index in [1.165, 1.54) is 4.31 Å². The number of nitrogens with one attached hydrogen (secondary N) is 2. The van der Waals surface area contributed by atoms with Gasteiger partial charge < -0.3 is 15.4 Å². The Bertz CT molecular complexity index is 893. The zero-order valence-corrected chi connectivity index (χ0v) is 16.8. The molecule has 1 heterocycles. The van der Waals surface area contributed by atoms with Gasteiger partial charge in [0, 0.05) is 18.8 Å². The first-order chi connectivity index (χ1) is 13.0. The standard InChI is InChI=1S/C19H23N3O3S2/c1-2-25-18-8-4-3-7-17(18)21-19(26)20-15-9-11-16(12-10-15)27(23,24)22-13-5-6-14-22/h3-4,7-12H,2,5-6,13-14H2,1H3,(H2,20,21,26). The number of thiocarbonyl (C=S) groups is 1. The van der Waals surface area contributed by atoms with E-state index in [1.807, 2.05) is 31.2 Å². The predicted octanol–water partition coefficient (Wildman–Crippen LogP) is 3.68. The molecule has 0 radical (unpaired) electrons. The van der Waals surface area contributed by atoms with Gasteiger partial charge in [0.25, 0.3) is 0 Å². The van der Waals surface area contributed by atoms with Crippen LogP contribution in [-0.4, -0.2) is 37.5 Å². The Hall–Kier alpha value is -2.16. The Morgan fingerprint density at radius 2 is 1.74 bits per heavy atom. The summed E-state index contributed by atoms with van der Waals surface area (Å²) in [6.45, 7) is 3.67. The number of hydrogen-bond donors (Lipinski definition) is 2. The molecule has 3 rings (SSSR count). The van der Waals surface area contributed by atoms with Gasteiger partial charge in [-0.25, -0.2) is 8.42 Å². The topological polar surface area (TPSA) is 70.7 Å². The second-order valence-electron chi connectivity index (χ2n) is 6.14. The number of para-hydroxylation sites is 2. The van der Waals surface area contributed by atoms with E-state index in [2.05, 4.69) is 10.6 Å². The molecule has 144 valence electrons. The molecule has 27 heavy (non-hydrogen) atoms. The monoisotopic (exact) mass is 405 g/mol. The third-order valence-corrected chi connectivity index (χ3v) is 6.37. The molecule has 2 aromatic rings. The van der Waals surface area contributed by atoms with Gasteiger partial charge in [0.15, 0.2) is 5.11 Å². The van der Waals surface area contributed by atoms with Crippen molar-refractivity contribution in [3.05, 3.63) is 48.5 Å². The summed E-state index contributed by atoms with van der Waals surface area (Å²) in [4.78, 5) is 0.301. The normalized spacial score (nSPS) is 14.7. The van der Waals surface area contributed by atoms with E-state index in [0.29, 0.717) is 35.4 Å². The van der Waals surface area contributed by atoms with Crippen molar-refractivity contribution < 1.29 is 13.2 Å². The number of anilines is 2. The molecule has 0 atom stereocenters. The maximum Gasteiger partial charge on any atom is 0.243 e. The fourth-order valence-corrected chi connectivity index (χ4v) is 4.67. The van der Waals surface area contributed by atoms with E-state index in [4.69, 9.17) is 17.0 Å². The zero-order chi connectivity index (χ0) is 19.3. The second kappa shape index (κ2) is 8.69. The smallest absolute Gasteiger partial charge is 0.243 e. The van der Waals surface area contributed by atoms with Crippen LogP contribution in [-0.2, 0) is 10.0 Å². The lowest BCUT2D eigenvalue weighted by molar-refractivity contribution is 0.342. The molecule has 0 amide bonds. The Kier molecular flexibility index (Phi) is 6.30. The summed E-state index contributed by atoms with van der Waals surface area (Å²) in [6.07, 6.45) is 1.84. The van der Waals surface area contributed by atoms with E-state index in [-0.39, 0.29) is 0 Å². The minimum Gasteiger partial charge on any atom is -0.492 e. The van der Waals surface area contributed by atoms with Gasteiger partial charge in [0.2, 0.25) is 10.0 Å². The van der Waals surface area contributed by atoms with Gasteiger partial charge in [-0.2, -0.15) is 4.31 Å². The van der Waals surface area contributed by atoms with Gasteiger partial charge in [0.1, 0.15) is 5.75 Å². The van der Waals surface area contributed by atoms with Crippen LogP contribution in [0.3, 0.4) is 0 Å². The Labute approximate surface area is 165 Å². The number of nitrogens with zero attached hydrogens (tertiary/aromatic N) is 1. The fourth-order valence-electron chi connectivity index (χ4n) is 2.92. The van der Waals surface area contributed by atoms with E-state index >= 15 is 0 Å². The number of benzene rings is 2. The highest BCUT2D eigenvalue weighted by atomic mass is 32.2. The quantitative estimate of drug-likeness (QED) is 0.715. The van der Waals surface area contributed by atoms with Crippen molar-refractivity contribution in [2.75, 3.05) is 30.3 Å². The minimum atomic E-state index is -3.40. The average Bonchev–Trinajstić information content (AvgIpc) is 3.20. The van der Waals surface area contributed by atoms with Crippen LogP contribution in [0.5, 0.6) is 5.75 Å². The Morgan fingerprint density at radius 3 is 2.41 bits per heavy atom. The summed E-state index contributed by atoms with van der Waals surface area (Å²) >= 11 is 5.35. The SMILES string of the molecule is CCOc1ccccc1NC(=S)Nc1ccc(S(=O)(=O)N2CCCC2)cc1. The van der Waals surface area contributed by atoms with Gasteiger partial charge in [-0.15, -0.1) is 0 Å². The van der Waals surface area contributed by atoms with Gasteiger partial charge in [0.05, 0.1) is 17.2 Å². The summed E-state index contributed by atoms with van der Waals surface area (Å²) in [5.41, 5.74) is 1.48. The van der Waals surface area contributed by atoms with E-state index in [9.17, 15) is 8.42 Å². The largest absolute Gasteiger partial charge is 0.492 e. The third-order valence-electron chi connectivity index (χ3n) is 4.25. The number of ether oxygens (including phenoxy) is 1. The average molecular weight is 406 g/mol. The second-order valence-corrected chi connectivity index (χ2v) is 8.49. The number of sulfonamides is 1. The molecule has 8 heteroatoms. The molecule has 0 aromatic heterocycles. The number of rotatable bonds is 6.